The number of hydrogen-bond donors (Lipinski definition) is 1. The van der Waals surface area contributed by atoms with Crippen molar-refractivity contribution in [2.24, 2.45) is 5.41 Å². The van der Waals surface area contributed by atoms with E-state index in [9.17, 15) is 22.8 Å². The number of alkyl halides is 3. The van der Waals surface area contributed by atoms with Crippen molar-refractivity contribution in [2.75, 3.05) is 10.2 Å². The van der Waals surface area contributed by atoms with Crippen LogP contribution in [-0.4, -0.2) is 11.7 Å². The van der Waals surface area contributed by atoms with Gasteiger partial charge in [0.15, 0.2) is 5.78 Å². The van der Waals surface area contributed by atoms with Crippen LogP contribution in [0.5, 0.6) is 0 Å². The molecule has 34 heavy (non-hydrogen) atoms. The summed E-state index contributed by atoms with van der Waals surface area (Å²) in [4.78, 5) is 28.7. The molecule has 1 aliphatic heterocycles. The second-order valence-corrected chi connectivity index (χ2v) is 9.86. The zero-order valence-corrected chi connectivity index (χ0v) is 19.6. The van der Waals surface area contributed by atoms with E-state index in [1.807, 2.05) is 45.0 Å². The average molecular weight is 471 g/mol. The molecule has 2 aliphatic rings. The van der Waals surface area contributed by atoms with E-state index < -0.39 is 17.8 Å². The van der Waals surface area contributed by atoms with Crippen molar-refractivity contribution in [3.05, 3.63) is 70.9 Å². The smallest absolute Gasteiger partial charge is 0.357 e. The predicted octanol–water partition coefficient (Wildman–Crippen LogP) is 7.04. The number of amides is 1. The number of para-hydroxylation sites is 2. The number of carbonyl (C=O) groups is 2. The Balaban J connectivity index is 1.94. The predicted molar refractivity (Wildman–Crippen MR) is 126 cm³/mol. The molecule has 0 saturated carbocycles. The molecule has 1 amide bonds. The van der Waals surface area contributed by atoms with Crippen molar-refractivity contribution >= 4 is 23.1 Å². The van der Waals surface area contributed by atoms with Crippen molar-refractivity contribution in [1.82, 2.24) is 0 Å². The van der Waals surface area contributed by atoms with E-state index in [1.54, 1.807) is 4.90 Å². The Morgan fingerprint density at radius 1 is 1.09 bits per heavy atom. The number of carbonyl (C=O) groups excluding carboxylic acids is 2. The summed E-state index contributed by atoms with van der Waals surface area (Å²) in [5, 5.41) is 3.41. The molecule has 4 nitrogen and oxygen atoms in total. The van der Waals surface area contributed by atoms with Crippen LogP contribution < -0.4 is 10.2 Å². The Morgan fingerprint density at radius 2 is 1.76 bits per heavy atom. The van der Waals surface area contributed by atoms with Crippen LogP contribution in [0.1, 0.15) is 70.0 Å². The molecule has 0 spiro atoms. The summed E-state index contributed by atoms with van der Waals surface area (Å²) >= 11 is 0. The summed E-state index contributed by atoms with van der Waals surface area (Å²) in [6.07, 6.45) is -1.79. The molecule has 7 heteroatoms. The molecule has 0 radical (unpaired) electrons. The van der Waals surface area contributed by atoms with Crippen LogP contribution in [0, 0.1) is 5.41 Å². The number of Topliss-reactive ketones (excluding diaryl/α,β-unsaturated/α-hetero) is 1. The minimum atomic E-state index is -4.47. The van der Waals surface area contributed by atoms with Gasteiger partial charge in [-0.2, -0.15) is 13.2 Å². The molecule has 0 aromatic heterocycles. The van der Waals surface area contributed by atoms with E-state index in [1.165, 1.54) is 12.1 Å². The third kappa shape index (κ3) is 4.61. The topological polar surface area (TPSA) is 49.4 Å². The molecule has 0 saturated heterocycles. The third-order valence-corrected chi connectivity index (χ3v) is 6.47. The minimum absolute atomic E-state index is 0.0928. The van der Waals surface area contributed by atoms with Gasteiger partial charge in [-0.1, -0.05) is 51.5 Å². The first-order valence-electron chi connectivity index (χ1n) is 11.6. The summed E-state index contributed by atoms with van der Waals surface area (Å²) in [7, 11) is 0. The summed E-state index contributed by atoms with van der Waals surface area (Å²) in [6.45, 7) is 6.03. The maximum absolute atomic E-state index is 13.6. The molecule has 2 aromatic carbocycles. The quantitative estimate of drug-likeness (QED) is 0.521. The van der Waals surface area contributed by atoms with E-state index in [4.69, 9.17) is 0 Å². The Labute approximate surface area is 197 Å². The van der Waals surface area contributed by atoms with E-state index in [2.05, 4.69) is 5.32 Å². The van der Waals surface area contributed by atoms with Crippen LogP contribution in [-0.2, 0) is 15.8 Å². The summed E-state index contributed by atoms with van der Waals surface area (Å²) < 4.78 is 39.7. The largest absolute Gasteiger partial charge is 0.416 e. The number of nitrogens with one attached hydrogen (secondary N) is 1. The Bertz CT molecular complexity index is 1130. The highest BCUT2D eigenvalue weighted by atomic mass is 19.4. The highest BCUT2D eigenvalue weighted by molar-refractivity contribution is 6.06. The molecule has 1 heterocycles. The number of fused-ring (bicyclic) bond motifs is 1. The number of benzene rings is 2. The third-order valence-electron chi connectivity index (χ3n) is 6.47. The fourth-order valence-corrected chi connectivity index (χ4v) is 4.88. The molecule has 0 bridgehead atoms. The molecule has 0 unspecified atom stereocenters. The highest BCUT2D eigenvalue weighted by Gasteiger charge is 2.43. The molecular weight excluding hydrogens is 441 g/mol. The number of halogens is 3. The van der Waals surface area contributed by atoms with E-state index in [0.717, 1.165) is 24.3 Å². The highest BCUT2D eigenvalue weighted by Crippen LogP contribution is 2.48. The summed E-state index contributed by atoms with van der Waals surface area (Å²) in [5.41, 5.74) is 1.96. The van der Waals surface area contributed by atoms with Crippen molar-refractivity contribution in [2.45, 2.75) is 65.1 Å². The molecule has 1 atom stereocenters. The fraction of sp³-hybridized carbons (Fsp3) is 0.407. The van der Waals surface area contributed by atoms with Crippen molar-refractivity contribution < 1.29 is 22.8 Å². The van der Waals surface area contributed by atoms with Crippen LogP contribution in [0.3, 0.4) is 0 Å². The van der Waals surface area contributed by atoms with Gasteiger partial charge in [-0.25, -0.2) is 0 Å². The van der Waals surface area contributed by atoms with Gasteiger partial charge in [-0.15, -0.1) is 0 Å². The van der Waals surface area contributed by atoms with E-state index in [0.29, 0.717) is 41.8 Å². The number of anilines is 2. The van der Waals surface area contributed by atoms with Crippen LogP contribution in [0.4, 0.5) is 24.5 Å². The lowest BCUT2D eigenvalue weighted by Crippen LogP contribution is -2.39. The number of hydrogen-bond acceptors (Lipinski definition) is 3. The Hall–Kier alpha value is -3.09. The van der Waals surface area contributed by atoms with Gasteiger partial charge in [-0.05, 0) is 48.1 Å². The van der Waals surface area contributed by atoms with Crippen LogP contribution >= 0.6 is 0 Å². The number of unbranched alkanes of at least 4 members (excludes halogenated alkanes) is 1. The van der Waals surface area contributed by atoms with Gasteiger partial charge < -0.3 is 5.32 Å². The summed E-state index contributed by atoms with van der Waals surface area (Å²) in [6, 6.07) is 11.4. The van der Waals surface area contributed by atoms with Gasteiger partial charge >= 0.3 is 6.18 Å². The first kappa shape index (κ1) is 24.0. The van der Waals surface area contributed by atoms with Crippen molar-refractivity contribution in [3.63, 3.8) is 0 Å². The zero-order chi connectivity index (χ0) is 24.7. The zero-order valence-electron chi connectivity index (χ0n) is 19.6. The lowest BCUT2D eigenvalue weighted by molar-refractivity contribution is -0.137. The van der Waals surface area contributed by atoms with Gasteiger partial charge in [0, 0.05) is 24.1 Å². The summed E-state index contributed by atoms with van der Waals surface area (Å²) in [5.74, 6) is -0.253. The first-order valence-corrected chi connectivity index (χ1v) is 11.6. The number of ketones is 1. The van der Waals surface area contributed by atoms with E-state index >= 15 is 0 Å². The normalized spacial score (nSPS) is 19.8. The first-order chi connectivity index (χ1) is 16.0. The lowest BCUT2D eigenvalue weighted by Gasteiger charge is -2.37. The molecule has 4 rings (SSSR count). The molecule has 0 fully saturated rings. The SMILES string of the molecule is CCCCC(=O)N1c2ccccc2NC2=C(C(=O)CC(C)(C)C2)[C@@H]1c1ccc(C(F)(F)F)cc1. The van der Waals surface area contributed by atoms with Gasteiger partial charge in [-0.3, -0.25) is 14.5 Å². The van der Waals surface area contributed by atoms with Gasteiger partial charge in [0.2, 0.25) is 5.91 Å². The number of allylic oxidation sites excluding steroid dienone is 1. The molecule has 1 N–H and O–H groups in total. The lowest BCUT2D eigenvalue weighted by atomic mass is 9.73. The van der Waals surface area contributed by atoms with Crippen LogP contribution in [0.2, 0.25) is 0 Å². The molecular formula is C27H29F3N2O2. The maximum atomic E-state index is 13.6. The van der Waals surface area contributed by atoms with E-state index in [-0.39, 0.29) is 23.5 Å². The number of rotatable bonds is 4. The Kier molecular flexibility index (Phi) is 6.32. The second-order valence-electron chi connectivity index (χ2n) is 9.86. The molecule has 180 valence electrons. The second kappa shape index (κ2) is 8.93. The van der Waals surface area contributed by atoms with Crippen molar-refractivity contribution in [3.8, 4) is 0 Å². The van der Waals surface area contributed by atoms with Gasteiger partial charge in [0.05, 0.1) is 23.0 Å². The van der Waals surface area contributed by atoms with Crippen LogP contribution in [0.25, 0.3) is 0 Å². The van der Waals surface area contributed by atoms with Crippen molar-refractivity contribution in [1.29, 1.82) is 0 Å². The monoisotopic (exact) mass is 470 g/mol. The van der Waals surface area contributed by atoms with Gasteiger partial charge in [0.25, 0.3) is 0 Å². The fourth-order valence-electron chi connectivity index (χ4n) is 4.88. The Morgan fingerprint density at radius 3 is 2.41 bits per heavy atom. The number of nitrogens with zero attached hydrogens (tertiary/aromatic N) is 1. The standard InChI is InChI=1S/C27H29F3N2O2/c1-4-5-10-23(34)32-21-9-7-6-8-19(21)31-20-15-26(2,3)16-22(33)24(20)25(32)17-11-13-18(14-12-17)27(28,29)30/h6-9,11-14,25,31H,4-5,10,15-16H2,1-3H3/t25-/m0/s1. The minimum Gasteiger partial charge on any atom is -0.357 e. The molecule has 1 aliphatic carbocycles. The maximum Gasteiger partial charge on any atom is 0.416 e. The molecule has 2 aromatic rings. The van der Waals surface area contributed by atoms with Gasteiger partial charge in [0.1, 0.15) is 0 Å². The van der Waals surface area contributed by atoms with Crippen LogP contribution in [0.15, 0.2) is 59.8 Å². The average Bonchev–Trinajstić information content (AvgIpc) is 2.90.